The van der Waals surface area contributed by atoms with Crippen LogP contribution in [0.1, 0.15) is 17.3 Å². The predicted octanol–water partition coefficient (Wildman–Crippen LogP) is 3.04. The van der Waals surface area contributed by atoms with Gasteiger partial charge in [-0.2, -0.15) is 0 Å². The maximum atomic E-state index is 6.46. The summed E-state index contributed by atoms with van der Waals surface area (Å²) in [7, 11) is 0. The van der Waals surface area contributed by atoms with Gasteiger partial charge in [-0.05, 0) is 30.0 Å². The van der Waals surface area contributed by atoms with Crippen molar-refractivity contribution in [3.05, 3.63) is 72.1 Å². The van der Waals surface area contributed by atoms with Crippen molar-refractivity contribution in [1.29, 1.82) is 0 Å². The molecule has 0 aliphatic heterocycles. The Bertz CT molecular complexity index is 724. The highest BCUT2D eigenvalue weighted by atomic mass is 32.2. The van der Waals surface area contributed by atoms with Gasteiger partial charge in [-0.25, -0.2) is 4.68 Å². The van der Waals surface area contributed by atoms with Crippen molar-refractivity contribution in [2.75, 3.05) is 6.26 Å². The summed E-state index contributed by atoms with van der Waals surface area (Å²) in [5.41, 5.74) is 9.39. The minimum Gasteiger partial charge on any atom is -0.319 e. The zero-order chi connectivity index (χ0) is 14.7. The molecule has 0 amide bonds. The molecule has 4 nitrogen and oxygen atoms in total. The molecule has 0 bridgehead atoms. The molecule has 0 saturated heterocycles. The topological polar surface area (TPSA) is 56.7 Å². The van der Waals surface area contributed by atoms with Crippen LogP contribution < -0.4 is 5.73 Å². The fraction of sp³-hybridized carbons (Fsp3) is 0.125. The Morgan fingerprint density at radius 3 is 2.52 bits per heavy atom. The van der Waals surface area contributed by atoms with E-state index in [-0.39, 0.29) is 6.04 Å². The summed E-state index contributed by atoms with van der Waals surface area (Å²) in [6.07, 6.45) is 3.78. The molecule has 1 heterocycles. The highest BCUT2D eigenvalue weighted by Gasteiger charge is 2.18. The number of hydrogen-bond donors (Lipinski definition) is 1. The first-order valence-corrected chi connectivity index (χ1v) is 7.88. The van der Waals surface area contributed by atoms with Crippen molar-refractivity contribution in [3.63, 3.8) is 0 Å². The van der Waals surface area contributed by atoms with Crippen molar-refractivity contribution in [3.8, 4) is 5.69 Å². The molecular weight excluding hydrogens is 280 g/mol. The molecule has 1 unspecified atom stereocenters. The van der Waals surface area contributed by atoms with E-state index in [4.69, 9.17) is 5.73 Å². The van der Waals surface area contributed by atoms with Gasteiger partial charge in [0.05, 0.1) is 23.6 Å². The van der Waals surface area contributed by atoms with Crippen LogP contribution in [-0.4, -0.2) is 21.2 Å². The zero-order valence-corrected chi connectivity index (χ0v) is 12.5. The lowest BCUT2D eigenvalue weighted by molar-refractivity contribution is 0.713. The largest absolute Gasteiger partial charge is 0.319 e. The molecular formula is C16H16N4S. The van der Waals surface area contributed by atoms with Crippen LogP contribution in [0.3, 0.4) is 0 Å². The molecule has 1 atom stereocenters. The van der Waals surface area contributed by atoms with E-state index in [1.807, 2.05) is 42.5 Å². The van der Waals surface area contributed by atoms with E-state index >= 15 is 0 Å². The summed E-state index contributed by atoms with van der Waals surface area (Å²) in [5, 5.41) is 8.20. The fourth-order valence-corrected chi connectivity index (χ4v) is 2.95. The number of aromatic nitrogens is 3. The molecule has 0 radical (unpaired) electrons. The smallest absolute Gasteiger partial charge is 0.0858 e. The molecule has 5 heteroatoms. The SMILES string of the molecule is CSc1ccccc1C(N)c1cnnn1-c1ccccc1. The Morgan fingerprint density at radius 2 is 1.76 bits per heavy atom. The van der Waals surface area contributed by atoms with Gasteiger partial charge in [-0.1, -0.05) is 41.6 Å². The average Bonchev–Trinajstić information content (AvgIpc) is 3.04. The summed E-state index contributed by atoms with van der Waals surface area (Å²) in [5.74, 6) is 0. The van der Waals surface area contributed by atoms with Gasteiger partial charge in [0.1, 0.15) is 0 Å². The maximum absolute atomic E-state index is 6.46. The third-order valence-electron chi connectivity index (χ3n) is 3.37. The molecule has 0 aliphatic rings. The van der Waals surface area contributed by atoms with Gasteiger partial charge < -0.3 is 5.73 Å². The lowest BCUT2D eigenvalue weighted by Gasteiger charge is -2.16. The molecule has 2 N–H and O–H groups in total. The molecule has 0 saturated carbocycles. The van der Waals surface area contributed by atoms with E-state index < -0.39 is 0 Å². The second kappa shape index (κ2) is 6.11. The Labute approximate surface area is 128 Å². The first-order valence-electron chi connectivity index (χ1n) is 6.66. The van der Waals surface area contributed by atoms with Crippen molar-refractivity contribution in [1.82, 2.24) is 15.0 Å². The van der Waals surface area contributed by atoms with Crippen LogP contribution in [0.4, 0.5) is 0 Å². The molecule has 21 heavy (non-hydrogen) atoms. The van der Waals surface area contributed by atoms with E-state index in [0.29, 0.717) is 0 Å². The van der Waals surface area contributed by atoms with Crippen LogP contribution >= 0.6 is 11.8 Å². The summed E-state index contributed by atoms with van der Waals surface area (Å²) in [4.78, 5) is 1.17. The van der Waals surface area contributed by atoms with E-state index in [0.717, 1.165) is 16.9 Å². The minimum absolute atomic E-state index is 0.260. The van der Waals surface area contributed by atoms with Crippen LogP contribution in [0.2, 0.25) is 0 Å². The monoisotopic (exact) mass is 296 g/mol. The van der Waals surface area contributed by atoms with Crippen LogP contribution in [0, 0.1) is 0 Å². The van der Waals surface area contributed by atoms with Crippen molar-refractivity contribution < 1.29 is 0 Å². The van der Waals surface area contributed by atoms with E-state index in [2.05, 4.69) is 28.7 Å². The first kappa shape index (κ1) is 13.9. The third kappa shape index (κ3) is 2.70. The Kier molecular flexibility index (Phi) is 4.03. The Balaban J connectivity index is 2.04. The Hall–Kier alpha value is -2.11. The predicted molar refractivity (Wildman–Crippen MR) is 85.6 cm³/mol. The van der Waals surface area contributed by atoms with E-state index in [9.17, 15) is 0 Å². The highest BCUT2D eigenvalue weighted by molar-refractivity contribution is 7.98. The number of benzene rings is 2. The molecule has 3 aromatic rings. The van der Waals surface area contributed by atoms with Gasteiger partial charge in [0.25, 0.3) is 0 Å². The van der Waals surface area contributed by atoms with Crippen molar-refractivity contribution >= 4 is 11.8 Å². The number of hydrogen-bond acceptors (Lipinski definition) is 4. The summed E-state index contributed by atoms with van der Waals surface area (Å²) in [6, 6.07) is 17.8. The van der Waals surface area contributed by atoms with Gasteiger partial charge in [0, 0.05) is 4.90 Å². The average molecular weight is 296 g/mol. The number of nitrogens with zero attached hydrogens (tertiary/aromatic N) is 3. The van der Waals surface area contributed by atoms with Crippen molar-refractivity contribution in [2.24, 2.45) is 5.73 Å². The molecule has 0 aliphatic carbocycles. The molecule has 3 rings (SSSR count). The fourth-order valence-electron chi connectivity index (χ4n) is 2.31. The van der Waals surface area contributed by atoms with Crippen LogP contribution in [0.15, 0.2) is 65.7 Å². The molecule has 1 aromatic heterocycles. The van der Waals surface area contributed by atoms with Gasteiger partial charge in [0.2, 0.25) is 0 Å². The van der Waals surface area contributed by atoms with Crippen LogP contribution in [-0.2, 0) is 0 Å². The molecule has 0 fully saturated rings. The zero-order valence-electron chi connectivity index (χ0n) is 11.7. The number of nitrogens with two attached hydrogens (primary N) is 1. The number of rotatable bonds is 4. The maximum Gasteiger partial charge on any atom is 0.0858 e. The van der Waals surface area contributed by atoms with Gasteiger partial charge in [0.15, 0.2) is 0 Å². The second-order valence-corrected chi connectivity index (χ2v) is 5.47. The minimum atomic E-state index is -0.260. The standard InChI is InChI=1S/C16H16N4S/c1-21-15-10-6-5-9-13(15)16(17)14-11-18-19-20(14)12-7-3-2-4-8-12/h2-11,16H,17H2,1H3. The van der Waals surface area contributed by atoms with E-state index in [1.54, 1.807) is 22.6 Å². The van der Waals surface area contributed by atoms with Crippen LogP contribution in [0.25, 0.3) is 5.69 Å². The third-order valence-corrected chi connectivity index (χ3v) is 4.18. The quantitative estimate of drug-likeness (QED) is 0.752. The first-order chi connectivity index (χ1) is 10.3. The number of para-hydroxylation sites is 1. The van der Waals surface area contributed by atoms with Gasteiger partial charge >= 0.3 is 0 Å². The van der Waals surface area contributed by atoms with Crippen molar-refractivity contribution in [2.45, 2.75) is 10.9 Å². The molecule has 2 aromatic carbocycles. The second-order valence-electron chi connectivity index (χ2n) is 4.63. The summed E-state index contributed by atoms with van der Waals surface area (Å²) < 4.78 is 1.79. The lowest BCUT2D eigenvalue weighted by atomic mass is 10.0. The lowest BCUT2D eigenvalue weighted by Crippen LogP contribution is -2.17. The van der Waals surface area contributed by atoms with Gasteiger partial charge in [-0.15, -0.1) is 16.9 Å². The van der Waals surface area contributed by atoms with Gasteiger partial charge in [-0.3, -0.25) is 0 Å². The van der Waals surface area contributed by atoms with E-state index in [1.165, 1.54) is 4.90 Å². The number of thioether (sulfide) groups is 1. The summed E-state index contributed by atoms with van der Waals surface area (Å²) in [6.45, 7) is 0. The molecule has 0 spiro atoms. The summed E-state index contributed by atoms with van der Waals surface area (Å²) >= 11 is 1.69. The van der Waals surface area contributed by atoms with Crippen LogP contribution in [0.5, 0.6) is 0 Å². The Morgan fingerprint density at radius 1 is 1.05 bits per heavy atom. The normalized spacial score (nSPS) is 12.3. The highest BCUT2D eigenvalue weighted by Crippen LogP contribution is 2.28. The molecule has 106 valence electrons.